The molecule has 6 heteroatoms. The second-order valence-corrected chi connectivity index (χ2v) is 8.53. The van der Waals surface area contributed by atoms with Gasteiger partial charge in [0.25, 0.3) is 5.91 Å². The van der Waals surface area contributed by atoms with Crippen LogP contribution in [0.5, 0.6) is 0 Å². The maximum absolute atomic E-state index is 12.4. The fraction of sp³-hybridized carbons (Fsp3) is 0.636. The van der Waals surface area contributed by atoms with E-state index in [-0.39, 0.29) is 23.8 Å². The second-order valence-electron chi connectivity index (χ2n) is 8.53. The zero-order chi connectivity index (χ0) is 19.9. The molecular formula is C22H35N4O2+. The lowest BCUT2D eigenvalue weighted by molar-refractivity contribution is -0.897. The van der Waals surface area contributed by atoms with E-state index in [1.54, 1.807) is 0 Å². The van der Waals surface area contributed by atoms with Crippen molar-refractivity contribution in [1.29, 1.82) is 0 Å². The molecule has 1 aliphatic carbocycles. The van der Waals surface area contributed by atoms with Crippen LogP contribution in [0.1, 0.15) is 44.9 Å². The zero-order valence-corrected chi connectivity index (χ0v) is 17.3. The van der Waals surface area contributed by atoms with Gasteiger partial charge in [-0.25, -0.2) is 0 Å². The number of benzene rings is 1. The van der Waals surface area contributed by atoms with E-state index < -0.39 is 0 Å². The highest BCUT2D eigenvalue weighted by Crippen LogP contribution is 2.24. The number of anilines is 2. The minimum absolute atomic E-state index is 0.0531. The van der Waals surface area contributed by atoms with Gasteiger partial charge in [0.1, 0.15) is 0 Å². The summed E-state index contributed by atoms with van der Waals surface area (Å²) in [5.41, 5.74) is 1.95. The number of hydrogen-bond donors (Lipinski definition) is 3. The van der Waals surface area contributed by atoms with E-state index in [1.807, 2.05) is 43.3 Å². The van der Waals surface area contributed by atoms with Gasteiger partial charge in [0.05, 0.1) is 13.1 Å². The van der Waals surface area contributed by atoms with Crippen LogP contribution in [-0.4, -0.2) is 51.6 Å². The lowest BCUT2D eigenvalue weighted by Crippen LogP contribution is -3.14. The molecule has 1 heterocycles. The van der Waals surface area contributed by atoms with Crippen LogP contribution >= 0.6 is 0 Å². The van der Waals surface area contributed by atoms with Crippen molar-refractivity contribution in [2.75, 3.05) is 43.9 Å². The van der Waals surface area contributed by atoms with E-state index in [9.17, 15) is 9.59 Å². The lowest BCUT2D eigenvalue weighted by atomic mass is 9.88. The first-order valence-corrected chi connectivity index (χ1v) is 10.7. The summed E-state index contributed by atoms with van der Waals surface area (Å²) in [6.07, 6.45) is 7.66. The molecule has 0 bridgehead atoms. The van der Waals surface area contributed by atoms with Gasteiger partial charge in [-0.05, 0) is 37.1 Å². The van der Waals surface area contributed by atoms with Crippen LogP contribution in [0.4, 0.5) is 11.4 Å². The first-order valence-electron chi connectivity index (χ1n) is 10.7. The van der Waals surface area contributed by atoms with Gasteiger partial charge in [0.15, 0.2) is 6.54 Å². The average molecular weight is 388 g/mol. The number of nitrogens with zero attached hydrogens (tertiary/aromatic N) is 1. The van der Waals surface area contributed by atoms with Crippen molar-refractivity contribution in [2.24, 2.45) is 5.92 Å². The van der Waals surface area contributed by atoms with E-state index in [4.69, 9.17) is 0 Å². The van der Waals surface area contributed by atoms with Gasteiger partial charge in [-0.15, -0.1) is 0 Å². The van der Waals surface area contributed by atoms with Crippen LogP contribution in [0.25, 0.3) is 0 Å². The monoisotopic (exact) mass is 387 g/mol. The molecule has 1 aromatic rings. The number of nitrogens with one attached hydrogen (secondary N) is 3. The van der Waals surface area contributed by atoms with Crippen molar-refractivity contribution >= 4 is 23.2 Å². The van der Waals surface area contributed by atoms with Crippen LogP contribution < -0.4 is 20.4 Å². The van der Waals surface area contributed by atoms with Gasteiger partial charge >= 0.3 is 0 Å². The fourth-order valence-electron chi connectivity index (χ4n) is 4.31. The molecule has 28 heavy (non-hydrogen) atoms. The first kappa shape index (κ1) is 20.6. The molecule has 2 fully saturated rings. The molecule has 1 aromatic carbocycles. The summed E-state index contributed by atoms with van der Waals surface area (Å²) in [5.74, 6) is 0.535. The van der Waals surface area contributed by atoms with Crippen LogP contribution in [0.2, 0.25) is 0 Å². The van der Waals surface area contributed by atoms with Gasteiger partial charge in [-0.2, -0.15) is 0 Å². The second kappa shape index (κ2) is 9.92. The molecule has 2 aliphatic rings. The Hall–Kier alpha value is -2.08. The first-order chi connectivity index (χ1) is 13.5. The third kappa shape index (κ3) is 5.96. The van der Waals surface area contributed by atoms with Gasteiger partial charge in [-0.3, -0.25) is 9.59 Å². The molecule has 154 valence electrons. The van der Waals surface area contributed by atoms with Crippen molar-refractivity contribution < 1.29 is 14.5 Å². The Balaban J connectivity index is 1.37. The van der Waals surface area contributed by atoms with Gasteiger partial charge in [0, 0.05) is 50.3 Å². The standard InChI is InChI=1S/C22H34N4O2/c1-25(2)20-10-8-18(9-11-20)23-21(27)16-26-14-12-19(13-15-26)24-22(28)17-6-4-3-5-7-17/h8-11,17,19H,3-7,12-16H2,1-2H3,(H,23,27)(H,24,28)/p+1. The van der Waals surface area contributed by atoms with Crippen molar-refractivity contribution in [1.82, 2.24) is 5.32 Å². The minimum atomic E-state index is 0.0531. The Bertz CT molecular complexity index is 645. The maximum Gasteiger partial charge on any atom is 0.279 e. The molecule has 0 spiro atoms. The number of carbonyl (C=O) groups excluding carboxylic acids is 2. The van der Waals surface area contributed by atoms with Crippen LogP contribution in [0, 0.1) is 5.92 Å². The number of amides is 2. The van der Waals surface area contributed by atoms with Gasteiger partial charge in [-0.1, -0.05) is 19.3 Å². The molecule has 1 saturated carbocycles. The van der Waals surface area contributed by atoms with Gasteiger partial charge < -0.3 is 20.4 Å². The molecule has 2 amide bonds. The molecule has 1 saturated heterocycles. The molecule has 3 rings (SSSR count). The van der Waals surface area contributed by atoms with E-state index in [2.05, 4.69) is 10.6 Å². The fourth-order valence-corrected chi connectivity index (χ4v) is 4.31. The van der Waals surface area contributed by atoms with E-state index >= 15 is 0 Å². The van der Waals surface area contributed by atoms with Crippen molar-refractivity contribution in [3.05, 3.63) is 24.3 Å². The van der Waals surface area contributed by atoms with E-state index in [0.717, 1.165) is 50.1 Å². The summed E-state index contributed by atoms with van der Waals surface area (Å²) in [5, 5.41) is 6.25. The number of carbonyl (C=O) groups is 2. The molecule has 3 N–H and O–H groups in total. The lowest BCUT2D eigenvalue weighted by Gasteiger charge is -2.31. The molecule has 1 aliphatic heterocycles. The van der Waals surface area contributed by atoms with Crippen molar-refractivity contribution in [3.63, 3.8) is 0 Å². The largest absolute Gasteiger partial charge is 0.378 e. The molecule has 0 radical (unpaired) electrons. The Morgan fingerprint density at radius 3 is 2.25 bits per heavy atom. The molecule has 0 unspecified atom stereocenters. The topological polar surface area (TPSA) is 65.9 Å². The third-order valence-corrected chi connectivity index (χ3v) is 6.09. The predicted octanol–water partition coefficient (Wildman–Crippen LogP) is 1.43. The van der Waals surface area contributed by atoms with Gasteiger partial charge in [0.2, 0.25) is 5.91 Å². The highest BCUT2D eigenvalue weighted by atomic mass is 16.2. The summed E-state index contributed by atoms with van der Waals surface area (Å²) >= 11 is 0. The summed E-state index contributed by atoms with van der Waals surface area (Å²) in [7, 11) is 4.00. The Morgan fingerprint density at radius 1 is 1.00 bits per heavy atom. The van der Waals surface area contributed by atoms with Crippen molar-refractivity contribution in [2.45, 2.75) is 51.0 Å². The summed E-state index contributed by atoms with van der Waals surface area (Å²) in [6.45, 7) is 2.35. The summed E-state index contributed by atoms with van der Waals surface area (Å²) < 4.78 is 0. The highest BCUT2D eigenvalue weighted by molar-refractivity contribution is 5.91. The third-order valence-electron chi connectivity index (χ3n) is 6.09. The molecule has 0 atom stereocenters. The predicted molar refractivity (Wildman–Crippen MR) is 113 cm³/mol. The number of likely N-dealkylation sites (tertiary alicyclic amines) is 1. The average Bonchev–Trinajstić information content (AvgIpc) is 2.70. The smallest absolute Gasteiger partial charge is 0.279 e. The Kier molecular flexibility index (Phi) is 7.31. The Morgan fingerprint density at radius 2 is 1.64 bits per heavy atom. The summed E-state index contributed by atoms with van der Waals surface area (Å²) in [4.78, 5) is 28.1. The summed E-state index contributed by atoms with van der Waals surface area (Å²) in [6, 6.07) is 8.16. The zero-order valence-electron chi connectivity index (χ0n) is 17.3. The number of quaternary nitrogens is 1. The van der Waals surface area contributed by atoms with Crippen LogP contribution in [0.15, 0.2) is 24.3 Å². The molecular weight excluding hydrogens is 352 g/mol. The van der Waals surface area contributed by atoms with E-state index in [1.165, 1.54) is 24.2 Å². The maximum atomic E-state index is 12.4. The van der Waals surface area contributed by atoms with E-state index in [0.29, 0.717) is 6.54 Å². The Labute approximate surface area is 168 Å². The number of hydrogen-bond acceptors (Lipinski definition) is 3. The van der Waals surface area contributed by atoms with Crippen LogP contribution in [0.3, 0.4) is 0 Å². The quantitative estimate of drug-likeness (QED) is 0.692. The minimum Gasteiger partial charge on any atom is -0.378 e. The van der Waals surface area contributed by atoms with Crippen LogP contribution in [-0.2, 0) is 9.59 Å². The molecule has 6 nitrogen and oxygen atoms in total. The number of rotatable bonds is 6. The normalized spacial score (nSPS) is 23.1. The molecule has 0 aromatic heterocycles. The van der Waals surface area contributed by atoms with Crippen molar-refractivity contribution in [3.8, 4) is 0 Å². The number of piperidine rings is 1. The SMILES string of the molecule is CN(C)c1ccc(NC(=O)C[NH+]2CCC(NC(=O)C3CCCCC3)CC2)cc1. The highest BCUT2D eigenvalue weighted by Gasteiger charge is 2.28.